The van der Waals surface area contributed by atoms with Gasteiger partial charge in [-0.15, -0.1) is 11.3 Å². The van der Waals surface area contributed by atoms with Gasteiger partial charge in [0.2, 0.25) is 0 Å². The van der Waals surface area contributed by atoms with Gasteiger partial charge < -0.3 is 10.6 Å². The van der Waals surface area contributed by atoms with Crippen LogP contribution in [0.5, 0.6) is 0 Å². The van der Waals surface area contributed by atoms with Crippen LogP contribution in [-0.2, 0) is 18.4 Å². The van der Waals surface area contributed by atoms with E-state index in [9.17, 15) is 4.79 Å². The van der Waals surface area contributed by atoms with Crippen LogP contribution >= 0.6 is 11.3 Å². The normalized spacial score (nSPS) is 14.1. The molecule has 3 aromatic heterocycles. The molecule has 0 aliphatic carbocycles. The molecule has 8 heteroatoms. The zero-order valence-corrected chi connectivity index (χ0v) is 20.6. The van der Waals surface area contributed by atoms with Gasteiger partial charge in [-0.2, -0.15) is 0 Å². The molecule has 7 nitrogen and oxygen atoms in total. The number of nitrogens with one attached hydrogen (secondary N) is 2. The molecule has 1 aliphatic rings. The Morgan fingerprint density at radius 2 is 1.94 bits per heavy atom. The molecule has 0 atom stereocenters. The molecule has 2 N–H and O–H groups in total. The van der Waals surface area contributed by atoms with Crippen LogP contribution < -0.4 is 16.2 Å². The molecule has 1 aromatic carbocycles. The zero-order chi connectivity index (χ0) is 23.3. The Kier molecular flexibility index (Phi) is 5.37. The number of hydrogen-bond acceptors (Lipinski definition) is 6. The number of pyridine rings is 1. The Labute approximate surface area is 197 Å². The van der Waals surface area contributed by atoms with Crippen LogP contribution in [0.2, 0.25) is 0 Å². The number of hydrogen-bond donors (Lipinski definition) is 2. The first kappa shape index (κ1) is 21.9. The molecular formula is C25H30N6OS. The number of rotatable bonds is 4. The molecule has 0 saturated heterocycles. The quantitative estimate of drug-likeness (QED) is 0.451. The van der Waals surface area contributed by atoms with Crippen LogP contribution in [0.3, 0.4) is 0 Å². The van der Waals surface area contributed by atoms with E-state index in [1.807, 2.05) is 36.0 Å². The van der Waals surface area contributed by atoms with Crippen LogP contribution in [0.25, 0.3) is 16.9 Å². The Hall–Kier alpha value is -2.97. The lowest BCUT2D eigenvalue weighted by Gasteiger charge is -2.18. The first-order chi connectivity index (χ1) is 15.7. The van der Waals surface area contributed by atoms with E-state index in [-0.39, 0.29) is 17.0 Å². The van der Waals surface area contributed by atoms with E-state index in [0.29, 0.717) is 16.9 Å². The summed E-state index contributed by atoms with van der Waals surface area (Å²) in [6, 6.07) is 10.2. The predicted molar refractivity (Wildman–Crippen MR) is 135 cm³/mol. The summed E-state index contributed by atoms with van der Waals surface area (Å²) in [4.78, 5) is 23.0. The molecule has 0 spiro atoms. The summed E-state index contributed by atoms with van der Waals surface area (Å²) in [6.07, 6.45) is 1.02. The minimum Gasteiger partial charge on any atom is -0.340 e. The zero-order valence-electron chi connectivity index (χ0n) is 19.8. The van der Waals surface area contributed by atoms with E-state index < -0.39 is 0 Å². The van der Waals surface area contributed by atoms with Gasteiger partial charge in [0.25, 0.3) is 5.56 Å². The van der Waals surface area contributed by atoms with Gasteiger partial charge in [-0.05, 0) is 62.2 Å². The third-order valence-electron chi connectivity index (χ3n) is 5.93. The van der Waals surface area contributed by atoms with E-state index in [0.717, 1.165) is 36.0 Å². The Bertz CT molecular complexity index is 1390. The van der Waals surface area contributed by atoms with Gasteiger partial charge in [0.15, 0.2) is 11.5 Å². The van der Waals surface area contributed by atoms with E-state index >= 15 is 0 Å². The molecule has 0 amide bonds. The van der Waals surface area contributed by atoms with Crippen molar-refractivity contribution >= 4 is 33.9 Å². The lowest BCUT2D eigenvalue weighted by molar-refractivity contribution is 0.471. The topological polar surface area (TPSA) is 76.8 Å². The molecule has 0 radical (unpaired) electrons. The molecule has 0 bridgehead atoms. The van der Waals surface area contributed by atoms with E-state index in [1.165, 1.54) is 11.1 Å². The number of aromatic nitrogens is 4. The fourth-order valence-corrected chi connectivity index (χ4v) is 5.13. The maximum Gasteiger partial charge on any atom is 0.276 e. The van der Waals surface area contributed by atoms with Crippen LogP contribution in [0.1, 0.15) is 56.8 Å². The molecule has 1 aliphatic heterocycles. The average molecular weight is 463 g/mol. The molecule has 0 fully saturated rings. The molecule has 0 unspecified atom stereocenters. The lowest BCUT2D eigenvalue weighted by Crippen LogP contribution is -2.24. The summed E-state index contributed by atoms with van der Waals surface area (Å²) in [5.74, 6) is 1.44. The fraction of sp³-hybridized carbons (Fsp3) is 0.400. The van der Waals surface area contributed by atoms with Crippen molar-refractivity contribution in [1.29, 1.82) is 0 Å². The summed E-state index contributed by atoms with van der Waals surface area (Å²) in [5, 5.41) is 10.5. The highest BCUT2D eigenvalue weighted by molar-refractivity contribution is 7.10. The molecule has 172 valence electrons. The maximum atomic E-state index is 13.2. The van der Waals surface area contributed by atoms with E-state index in [4.69, 9.17) is 9.97 Å². The first-order valence-electron chi connectivity index (χ1n) is 11.4. The Morgan fingerprint density at radius 3 is 2.67 bits per heavy atom. The van der Waals surface area contributed by atoms with E-state index in [1.54, 1.807) is 16.0 Å². The lowest BCUT2D eigenvalue weighted by atomic mass is 9.98. The minimum absolute atomic E-state index is 0.0304. The second-order valence-electron chi connectivity index (χ2n) is 9.92. The number of anilines is 2. The number of fused-ring (bicyclic) bond motifs is 2. The summed E-state index contributed by atoms with van der Waals surface area (Å²) in [6.45, 7) is 12.4. The smallest absolute Gasteiger partial charge is 0.276 e. The van der Waals surface area contributed by atoms with E-state index in [2.05, 4.69) is 49.6 Å². The van der Waals surface area contributed by atoms with Crippen molar-refractivity contribution in [1.82, 2.24) is 24.6 Å². The average Bonchev–Trinajstić information content (AvgIpc) is 3.37. The SMILES string of the molecule is CC(C)n1c(=O)c2ccc(Nc3ccc4c(c3)CCNC4)nc2n1-c1csc(C(C)(C)C)n1. The molecule has 5 rings (SSSR count). The number of benzene rings is 1. The van der Waals surface area contributed by atoms with Crippen molar-refractivity contribution in [2.24, 2.45) is 0 Å². The van der Waals surface area contributed by atoms with Gasteiger partial charge in [-0.1, -0.05) is 26.8 Å². The van der Waals surface area contributed by atoms with Crippen molar-refractivity contribution in [3.63, 3.8) is 0 Å². The molecule has 33 heavy (non-hydrogen) atoms. The third kappa shape index (κ3) is 3.98. The van der Waals surface area contributed by atoms with Crippen LogP contribution in [0.4, 0.5) is 11.5 Å². The first-order valence-corrected chi connectivity index (χ1v) is 12.3. The summed E-state index contributed by atoms with van der Waals surface area (Å²) in [5.41, 5.74) is 4.22. The fourth-order valence-electron chi connectivity index (χ4n) is 4.26. The van der Waals surface area contributed by atoms with Crippen LogP contribution in [0.15, 0.2) is 40.5 Å². The standard InChI is InChI=1S/C25H30N6OS/c1-15(2)30-23(32)19-8-9-20(27-18-7-6-17-13-26-11-10-16(17)12-18)28-22(19)31(30)21-14-33-24(29-21)25(3,4)5/h6-9,12,14-15,26H,10-11,13H2,1-5H3,(H,27,28). The van der Waals surface area contributed by atoms with Crippen molar-refractivity contribution in [3.05, 3.63) is 62.2 Å². The highest BCUT2D eigenvalue weighted by Crippen LogP contribution is 2.29. The Morgan fingerprint density at radius 1 is 1.12 bits per heavy atom. The minimum atomic E-state index is -0.0586. The highest BCUT2D eigenvalue weighted by Gasteiger charge is 2.23. The molecule has 0 saturated carbocycles. The number of nitrogens with zero attached hydrogens (tertiary/aromatic N) is 4. The second-order valence-corrected chi connectivity index (χ2v) is 10.8. The van der Waals surface area contributed by atoms with Crippen molar-refractivity contribution in [2.75, 3.05) is 11.9 Å². The van der Waals surface area contributed by atoms with Crippen LogP contribution in [-0.4, -0.2) is 25.9 Å². The van der Waals surface area contributed by atoms with Gasteiger partial charge in [-0.3, -0.25) is 4.79 Å². The van der Waals surface area contributed by atoms with Crippen LogP contribution in [0, 0.1) is 0 Å². The van der Waals surface area contributed by atoms with Gasteiger partial charge in [-0.25, -0.2) is 19.3 Å². The summed E-state index contributed by atoms with van der Waals surface area (Å²) < 4.78 is 3.62. The van der Waals surface area contributed by atoms with Gasteiger partial charge in [0, 0.05) is 29.1 Å². The summed E-state index contributed by atoms with van der Waals surface area (Å²) >= 11 is 1.61. The van der Waals surface area contributed by atoms with Crippen molar-refractivity contribution in [2.45, 2.75) is 59.0 Å². The number of thiazole rings is 1. The molecule has 4 aromatic rings. The maximum absolute atomic E-state index is 13.2. The third-order valence-corrected chi connectivity index (χ3v) is 7.19. The monoisotopic (exact) mass is 462 g/mol. The van der Waals surface area contributed by atoms with Crippen molar-refractivity contribution in [3.8, 4) is 5.82 Å². The van der Waals surface area contributed by atoms with Gasteiger partial charge >= 0.3 is 0 Å². The Balaban J connectivity index is 1.61. The second kappa shape index (κ2) is 8.11. The largest absolute Gasteiger partial charge is 0.340 e. The summed E-state index contributed by atoms with van der Waals surface area (Å²) in [7, 11) is 0. The molecular weight excluding hydrogens is 432 g/mol. The highest BCUT2D eigenvalue weighted by atomic mass is 32.1. The van der Waals surface area contributed by atoms with Crippen molar-refractivity contribution < 1.29 is 0 Å². The predicted octanol–water partition coefficient (Wildman–Crippen LogP) is 4.91. The van der Waals surface area contributed by atoms with Gasteiger partial charge in [0.1, 0.15) is 10.8 Å². The molecule has 4 heterocycles. The van der Waals surface area contributed by atoms with Gasteiger partial charge in [0.05, 0.1) is 5.39 Å².